The molecular weight excluding hydrogens is 279 g/mol. The Morgan fingerprint density at radius 3 is 2.76 bits per heavy atom. The van der Waals surface area contributed by atoms with Gasteiger partial charge < -0.3 is 10.0 Å². The summed E-state index contributed by atoms with van der Waals surface area (Å²) in [6.45, 7) is 3.87. The molecule has 2 atom stereocenters. The molecule has 0 spiro atoms. The molecule has 1 N–H and O–H groups in total. The Labute approximate surface area is 121 Å². The van der Waals surface area contributed by atoms with Gasteiger partial charge in [-0.1, -0.05) is 6.92 Å². The zero-order valence-electron chi connectivity index (χ0n) is 11.9. The lowest BCUT2D eigenvalue weighted by Crippen LogP contribution is -2.47. The van der Waals surface area contributed by atoms with E-state index in [4.69, 9.17) is 0 Å². The van der Waals surface area contributed by atoms with Crippen LogP contribution in [-0.2, 0) is 4.79 Å². The predicted octanol–water partition coefficient (Wildman–Crippen LogP) is 2.73. The van der Waals surface area contributed by atoms with Gasteiger partial charge in [0, 0.05) is 6.54 Å². The van der Waals surface area contributed by atoms with Gasteiger partial charge in [0.2, 0.25) is 0 Å². The number of hydrogen-bond acceptors (Lipinski definition) is 4. The third-order valence-electron chi connectivity index (χ3n) is 3.91. The van der Waals surface area contributed by atoms with Crippen molar-refractivity contribution in [2.24, 2.45) is 5.92 Å². The average Bonchev–Trinajstić information content (AvgIpc) is 2.41. The van der Waals surface area contributed by atoms with Crippen molar-refractivity contribution in [2.75, 3.05) is 11.4 Å². The Morgan fingerprint density at radius 1 is 1.52 bits per heavy atom. The van der Waals surface area contributed by atoms with Crippen molar-refractivity contribution in [1.82, 2.24) is 0 Å². The first-order valence-electron chi connectivity index (χ1n) is 6.75. The van der Waals surface area contributed by atoms with E-state index >= 15 is 0 Å². The first-order chi connectivity index (χ1) is 9.81. The lowest BCUT2D eigenvalue weighted by molar-refractivity contribution is -0.384. The van der Waals surface area contributed by atoms with Crippen molar-refractivity contribution >= 4 is 17.3 Å². The molecule has 2 unspecified atom stereocenters. The number of anilines is 1. The Bertz CT molecular complexity index is 591. The SMILES string of the molecule is Cc1cc(N2CCC(C)CC2C(=O)O)c([N+](=O)[O-])cc1F. The summed E-state index contributed by atoms with van der Waals surface area (Å²) in [5, 5.41) is 20.5. The number of nitro benzene ring substituents is 1. The van der Waals surface area contributed by atoms with E-state index in [1.54, 1.807) is 0 Å². The van der Waals surface area contributed by atoms with Gasteiger partial charge in [-0.2, -0.15) is 0 Å². The molecule has 7 heteroatoms. The molecule has 0 aliphatic carbocycles. The topological polar surface area (TPSA) is 83.7 Å². The molecule has 1 heterocycles. The minimum Gasteiger partial charge on any atom is -0.480 e. The van der Waals surface area contributed by atoms with Crippen LogP contribution in [0.2, 0.25) is 0 Å². The van der Waals surface area contributed by atoms with Gasteiger partial charge in [-0.05, 0) is 37.3 Å². The number of hydrogen-bond donors (Lipinski definition) is 1. The molecule has 114 valence electrons. The average molecular weight is 296 g/mol. The number of piperidine rings is 1. The normalized spacial score (nSPS) is 22.1. The lowest BCUT2D eigenvalue weighted by atomic mass is 9.91. The van der Waals surface area contributed by atoms with E-state index in [-0.39, 0.29) is 22.9 Å². The third kappa shape index (κ3) is 2.96. The van der Waals surface area contributed by atoms with Crippen LogP contribution in [0.15, 0.2) is 12.1 Å². The van der Waals surface area contributed by atoms with Crippen LogP contribution in [0, 0.1) is 28.8 Å². The van der Waals surface area contributed by atoms with E-state index in [1.807, 2.05) is 6.92 Å². The molecule has 0 saturated carbocycles. The molecule has 2 rings (SSSR count). The van der Waals surface area contributed by atoms with E-state index in [0.29, 0.717) is 13.0 Å². The molecule has 0 radical (unpaired) electrons. The summed E-state index contributed by atoms with van der Waals surface area (Å²) in [6.07, 6.45) is 1.17. The summed E-state index contributed by atoms with van der Waals surface area (Å²) in [6, 6.07) is 1.40. The molecule has 1 aliphatic heterocycles. The van der Waals surface area contributed by atoms with Crippen LogP contribution in [0.1, 0.15) is 25.3 Å². The molecule has 21 heavy (non-hydrogen) atoms. The molecule has 0 amide bonds. The molecule has 1 aliphatic rings. The highest BCUT2D eigenvalue weighted by Crippen LogP contribution is 2.36. The maximum absolute atomic E-state index is 13.6. The highest BCUT2D eigenvalue weighted by Gasteiger charge is 2.35. The van der Waals surface area contributed by atoms with Crippen LogP contribution in [-0.4, -0.2) is 28.6 Å². The van der Waals surface area contributed by atoms with Crippen LogP contribution < -0.4 is 4.90 Å². The Balaban J connectivity index is 2.50. The lowest BCUT2D eigenvalue weighted by Gasteiger charge is -2.37. The number of halogens is 1. The van der Waals surface area contributed by atoms with Gasteiger partial charge >= 0.3 is 5.97 Å². The van der Waals surface area contributed by atoms with Crippen LogP contribution >= 0.6 is 0 Å². The second-order valence-electron chi connectivity index (χ2n) is 5.52. The molecule has 0 aromatic heterocycles. The highest BCUT2D eigenvalue weighted by molar-refractivity contribution is 5.80. The van der Waals surface area contributed by atoms with Crippen molar-refractivity contribution in [3.05, 3.63) is 33.6 Å². The molecule has 1 fully saturated rings. The van der Waals surface area contributed by atoms with Gasteiger partial charge in [-0.15, -0.1) is 0 Å². The highest BCUT2D eigenvalue weighted by atomic mass is 19.1. The van der Waals surface area contributed by atoms with E-state index in [9.17, 15) is 24.4 Å². The van der Waals surface area contributed by atoms with Gasteiger partial charge in [-0.3, -0.25) is 10.1 Å². The number of rotatable bonds is 3. The zero-order valence-corrected chi connectivity index (χ0v) is 11.9. The molecule has 6 nitrogen and oxygen atoms in total. The number of carboxylic acid groups (broad SMARTS) is 1. The summed E-state index contributed by atoms with van der Waals surface area (Å²) < 4.78 is 13.6. The van der Waals surface area contributed by atoms with E-state index < -0.39 is 22.8 Å². The maximum atomic E-state index is 13.6. The fourth-order valence-corrected chi connectivity index (χ4v) is 2.70. The molecule has 1 aromatic carbocycles. The fraction of sp³-hybridized carbons (Fsp3) is 0.500. The van der Waals surface area contributed by atoms with Gasteiger partial charge in [-0.25, -0.2) is 9.18 Å². The zero-order chi connectivity index (χ0) is 15.7. The standard InChI is InChI=1S/C14H17FN2O4/c1-8-3-4-16(13(5-8)14(18)19)11-6-9(2)10(15)7-12(11)17(20)21/h6-8,13H,3-5H2,1-2H3,(H,18,19). The number of nitrogens with zero attached hydrogens (tertiary/aromatic N) is 2. The number of aliphatic carboxylic acids is 1. The van der Waals surface area contributed by atoms with Crippen LogP contribution in [0.25, 0.3) is 0 Å². The number of benzene rings is 1. The summed E-state index contributed by atoms with van der Waals surface area (Å²) in [4.78, 5) is 23.4. The van der Waals surface area contributed by atoms with Crippen molar-refractivity contribution in [2.45, 2.75) is 32.7 Å². The molecular formula is C14H17FN2O4. The van der Waals surface area contributed by atoms with E-state index in [0.717, 1.165) is 12.5 Å². The first-order valence-corrected chi connectivity index (χ1v) is 6.75. The largest absolute Gasteiger partial charge is 0.480 e. The van der Waals surface area contributed by atoms with Crippen molar-refractivity contribution in [3.63, 3.8) is 0 Å². The predicted molar refractivity (Wildman–Crippen MR) is 75.0 cm³/mol. The maximum Gasteiger partial charge on any atom is 0.326 e. The smallest absolute Gasteiger partial charge is 0.326 e. The Morgan fingerprint density at radius 2 is 2.19 bits per heavy atom. The monoisotopic (exact) mass is 296 g/mol. The number of nitro groups is 1. The first kappa shape index (κ1) is 15.2. The Kier molecular flexibility index (Phi) is 4.11. The van der Waals surface area contributed by atoms with Crippen molar-refractivity contribution < 1.29 is 19.2 Å². The van der Waals surface area contributed by atoms with Crippen molar-refractivity contribution in [3.8, 4) is 0 Å². The number of carboxylic acids is 1. The fourth-order valence-electron chi connectivity index (χ4n) is 2.70. The second kappa shape index (κ2) is 5.67. The van der Waals surface area contributed by atoms with Gasteiger partial charge in [0.1, 0.15) is 17.5 Å². The molecule has 1 saturated heterocycles. The summed E-state index contributed by atoms with van der Waals surface area (Å²) in [7, 11) is 0. The third-order valence-corrected chi connectivity index (χ3v) is 3.91. The van der Waals surface area contributed by atoms with Crippen LogP contribution in [0.5, 0.6) is 0 Å². The van der Waals surface area contributed by atoms with E-state index in [2.05, 4.69) is 0 Å². The minimum absolute atomic E-state index is 0.179. The molecule has 0 bridgehead atoms. The van der Waals surface area contributed by atoms with Crippen molar-refractivity contribution in [1.29, 1.82) is 0 Å². The van der Waals surface area contributed by atoms with Crippen LogP contribution in [0.3, 0.4) is 0 Å². The van der Waals surface area contributed by atoms with Gasteiger partial charge in [0.25, 0.3) is 5.69 Å². The summed E-state index contributed by atoms with van der Waals surface area (Å²) in [5.74, 6) is -1.44. The van der Waals surface area contributed by atoms with Crippen LogP contribution in [0.4, 0.5) is 15.8 Å². The number of aryl methyl sites for hydroxylation is 1. The Hall–Kier alpha value is -2.18. The second-order valence-corrected chi connectivity index (χ2v) is 5.52. The quantitative estimate of drug-likeness (QED) is 0.685. The summed E-state index contributed by atoms with van der Waals surface area (Å²) >= 11 is 0. The van der Waals surface area contributed by atoms with Gasteiger partial charge in [0.15, 0.2) is 0 Å². The molecule has 1 aromatic rings. The van der Waals surface area contributed by atoms with Gasteiger partial charge in [0.05, 0.1) is 11.0 Å². The number of carbonyl (C=O) groups is 1. The van der Waals surface area contributed by atoms with E-state index in [1.165, 1.54) is 17.9 Å². The minimum atomic E-state index is -1.02. The summed E-state index contributed by atoms with van der Waals surface area (Å²) in [5.41, 5.74) is 0.0514.